The summed E-state index contributed by atoms with van der Waals surface area (Å²) in [4.78, 5) is 10.4. The standard InChI is InChI=1S/C20H26N4O2S.HI/c1-6-10-26-18-11-16(8-9-17(18)25-5)12-22-20(21-7-2)23-13-19-24-14(3)15(4)27-19;/h1,8-9,11H,7,10,12-13H2,2-5H3,(H2,21,22,23);1H. The lowest BCUT2D eigenvalue weighted by Crippen LogP contribution is -2.36. The molecular formula is C20H27IN4O2S. The molecule has 0 spiro atoms. The van der Waals surface area contributed by atoms with Crippen LogP contribution in [0.2, 0.25) is 0 Å². The molecule has 28 heavy (non-hydrogen) atoms. The number of benzene rings is 1. The van der Waals surface area contributed by atoms with Crippen molar-refractivity contribution in [2.45, 2.75) is 33.9 Å². The topological polar surface area (TPSA) is 67.8 Å². The van der Waals surface area contributed by atoms with E-state index in [4.69, 9.17) is 15.9 Å². The van der Waals surface area contributed by atoms with Crippen molar-refractivity contribution in [3.8, 4) is 23.8 Å². The number of thiazole rings is 1. The molecule has 8 heteroatoms. The molecular weight excluding hydrogens is 487 g/mol. The largest absolute Gasteiger partial charge is 0.493 e. The third kappa shape index (κ3) is 7.20. The minimum absolute atomic E-state index is 0. The maximum absolute atomic E-state index is 5.54. The number of aromatic nitrogens is 1. The number of methoxy groups -OCH3 is 1. The normalized spacial score (nSPS) is 10.6. The molecule has 0 unspecified atom stereocenters. The summed E-state index contributed by atoms with van der Waals surface area (Å²) in [6.07, 6.45) is 5.27. The Morgan fingerprint density at radius 3 is 2.68 bits per heavy atom. The van der Waals surface area contributed by atoms with Gasteiger partial charge in [-0.1, -0.05) is 12.0 Å². The third-order valence-electron chi connectivity index (χ3n) is 3.78. The number of guanidine groups is 1. The second-order valence-electron chi connectivity index (χ2n) is 5.78. The van der Waals surface area contributed by atoms with Crippen LogP contribution in [-0.4, -0.2) is 31.2 Å². The summed E-state index contributed by atoms with van der Waals surface area (Å²) < 4.78 is 10.8. The van der Waals surface area contributed by atoms with Crippen LogP contribution >= 0.6 is 35.3 Å². The number of terminal acetylenes is 1. The molecule has 0 atom stereocenters. The molecule has 2 aromatic rings. The van der Waals surface area contributed by atoms with E-state index in [1.54, 1.807) is 18.4 Å². The van der Waals surface area contributed by atoms with Gasteiger partial charge >= 0.3 is 0 Å². The summed E-state index contributed by atoms with van der Waals surface area (Å²) in [5, 5.41) is 7.62. The average Bonchev–Trinajstić information content (AvgIpc) is 3.00. The second-order valence-corrected chi connectivity index (χ2v) is 7.06. The summed E-state index contributed by atoms with van der Waals surface area (Å²) in [5.74, 6) is 4.47. The van der Waals surface area contributed by atoms with Crippen LogP contribution in [0.15, 0.2) is 23.2 Å². The van der Waals surface area contributed by atoms with Crippen molar-refractivity contribution in [1.29, 1.82) is 0 Å². The van der Waals surface area contributed by atoms with E-state index < -0.39 is 0 Å². The average molecular weight is 514 g/mol. The van der Waals surface area contributed by atoms with Gasteiger partial charge in [-0.3, -0.25) is 0 Å². The highest BCUT2D eigenvalue weighted by Crippen LogP contribution is 2.28. The molecule has 1 heterocycles. The van der Waals surface area contributed by atoms with Gasteiger partial charge < -0.3 is 20.1 Å². The number of aliphatic imine (C=N–C) groups is 1. The fraction of sp³-hybridized carbons (Fsp3) is 0.400. The first-order valence-electron chi connectivity index (χ1n) is 8.75. The van der Waals surface area contributed by atoms with Gasteiger partial charge in [0, 0.05) is 11.4 Å². The SMILES string of the molecule is C#CCOc1cc(CN=C(NCC)NCc2nc(C)c(C)s2)ccc1OC.I. The fourth-order valence-electron chi connectivity index (χ4n) is 2.34. The molecule has 0 aliphatic heterocycles. The van der Waals surface area contributed by atoms with Crippen LogP contribution in [0, 0.1) is 26.2 Å². The molecule has 6 nitrogen and oxygen atoms in total. The Morgan fingerprint density at radius 1 is 1.29 bits per heavy atom. The number of hydrogen-bond acceptors (Lipinski definition) is 5. The Kier molecular flexibility index (Phi) is 10.7. The molecule has 0 saturated heterocycles. The summed E-state index contributed by atoms with van der Waals surface area (Å²) >= 11 is 1.70. The zero-order valence-electron chi connectivity index (χ0n) is 16.7. The van der Waals surface area contributed by atoms with Gasteiger partial charge in [0.05, 0.1) is 25.9 Å². The minimum Gasteiger partial charge on any atom is -0.493 e. The Bertz CT molecular complexity index is 811. The quantitative estimate of drug-likeness (QED) is 0.244. The fourth-order valence-corrected chi connectivity index (χ4v) is 3.21. The summed E-state index contributed by atoms with van der Waals surface area (Å²) in [6, 6.07) is 5.72. The Labute approximate surface area is 188 Å². The van der Waals surface area contributed by atoms with Crippen molar-refractivity contribution in [3.63, 3.8) is 0 Å². The van der Waals surface area contributed by atoms with E-state index >= 15 is 0 Å². The predicted octanol–water partition coefficient (Wildman–Crippen LogP) is 3.65. The molecule has 1 aromatic carbocycles. The van der Waals surface area contributed by atoms with Crippen LogP contribution in [0.5, 0.6) is 11.5 Å². The second kappa shape index (κ2) is 12.5. The molecule has 2 N–H and O–H groups in total. The van der Waals surface area contributed by atoms with Crippen LogP contribution < -0.4 is 20.1 Å². The number of halogens is 1. The third-order valence-corrected chi connectivity index (χ3v) is 4.86. The van der Waals surface area contributed by atoms with Crippen molar-refractivity contribution >= 4 is 41.3 Å². The highest BCUT2D eigenvalue weighted by Gasteiger charge is 2.07. The van der Waals surface area contributed by atoms with Gasteiger partial charge in [-0.05, 0) is 38.5 Å². The van der Waals surface area contributed by atoms with Crippen molar-refractivity contribution in [2.75, 3.05) is 20.3 Å². The van der Waals surface area contributed by atoms with E-state index in [9.17, 15) is 0 Å². The highest BCUT2D eigenvalue weighted by molar-refractivity contribution is 14.0. The van der Waals surface area contributed by atoms with Crippen molar-refractivity contribution in [1.82, 2.24) is 15.6 Å². The van der Waals surface area contributed by atoms with Crippen molar-refractivity contribution in [3.05, 3.63) is 39.3 Å². The van der Waals surface area contributed by atoms with Crippen molar-refractivity contribution in [2.24, 2.45) is 4.99 Å². The molecule has 0 aliphatic rings. The molecule has 0 amide bonds. The van der Waals surface area contributed by atoms with Gasteiger partial charge in [0.1, 0.15) is 11.6 Å². The first-order chi connectivity index (χ1) is 13.1. The lowest BCUT2D eigenvalue weighted by molar-refractivity contribution is 0.330. The maximum Gasteiger partial charge on any atom is 0.191 e. The van der Waals surface area contributed by atoms with E-state index in [0.29, 0.717) is 24.6 Å². The molecule has 152 valence electrons. The Balaban J connectivity index is 0.00000392. The first kappa shape index (κ1) is 24.0. The summed E-state index contributed by atoms with van der Waals surface area (Å²) in [7, 11) is 1.60. The summed E-state index contributed by atoms with van der Waals surface area (Å²) in [5.41, 5.74) is 2.08. The zero-order valence-corrected chi connectivity index (χ0v) is 19.8. The molecule has 0 fully saturated rings. The lowest BCUT2D eigenvalue weighted by atomic mass is 10.2. The highest BCUT2D eigenvalue weighted by atomic mass is 127. The number of aryl methyl sites for hydroxylation is 2. The number of ether oxygens (including phenoxy) is 2. The van der Waals surface area contributed by atoms with Gasteiger partial charge in [-0.15, -0.1) is 41.7 Å². The predicted molar refractivity (Wildman–Crippen MR) is 126 cm³/mol. The zero-order chi connectivity index (χ0) is 19.6. The van der Waals surface area contributed by atoms with Crippen LogP contribution in [0.1, 0.15) is 28.1 Å². The lowest BCUT2D eigenvalue weighted by Gasteiger charge is -2.12. The Hall–Kier alpha value is -1.99. The van der Waals surface area contributed by atoms with E-state index in [2.05, 4.69) is 33.5 Å². The maximum atomic E-state index is 5.54. The van der Waals surface area contributed by atoms with Crippen LogP contribution in [0.25, 0.3) is 0 Å². The first-order valence-corrected chi connectivity index (χ1v) is 9.57. The van der Waals surface area contributed by atoms with Gasteiger partial charge in [0.25, 0.3) is 0 Å². The molecule has 2 rings (SSSR count). The van der Waals surface area contributed by atoms with E-state index in [1.807, 2.05) is 32.0 Å². The molecule has 0 radical (unpaired) electrons. The van der Waals surface area contributed by atoms with Gasteiger partial charge in [-0.2, -0.15) is 0 Å². The van der Waals surface area contributed by atoms with Gasteiger partial charge in [-0.25, -0.2) is 9.98 Å². The monoisotopic (exact) mass is 514 g/mol. The Morgan fingerprint density at radius 2 is 2.07 bits per heavy atom. The van der Waals surface area contributed by atoms with Crippen LogP contribution in [0.4, 0.5) is 0 Å². The number of nitrogens with one attached hydrogen (secondary N) is 2. The smallest absolute Gasteiger partial charge is 0.191 e. The molecule has 0 aliphatic carbocycles. The van der Waals surface area contributed by atoms with E-state index in [1.165, 1.54) is 4.88 Å². The van der Waals surface area contributed by atoms with Gasteiger partial charge in [0.15, 0.2) is 17.5 Å². The van der Waals surface area contributed by atoms with Crippen LogP contribution in [-0.2, 0) is 13.1 Å². The molecule has 0 saturated carbocycles. The van der Waals surface area contributed by atoms with Crippen molar-refractivity contribution < 1.29 is 9.47 Å². The number of hydrogen-bond donors (Lipinski definition) is 2. The number of nitrogens with zero attached hydrogens (tertiary/aromatic N) is 2. The van der Waals surface area contributed by atoms with E-state index in [0.717, 1.165) is 28.8 Å². The van der Waals surface area contributed by atoms with Crippen LogP contribution in [0.3, 0.4) is 0 Å². The summed E-state index contributed by atoms with van der Waals surface area (Å²) in [6.45, 7) is 8.26. The molecule has 1 aromatic heterocycles. The molecule has 0 bridgehead atoms. The van der Waals surface area contributed by atoms with E-state index in [-0.39, 0.29) is 30.6 Å². The minimum atomic E-state index is 0. The number of rotatable bonds is 8. The van der Waals surface area contributed by atoms with Gasteiger partial charge in [0.2, 0.25) is 0 Å².